The molecule has 2 aliphatic heterocycles. The lowest BCUT2D eigenvalue weighted by Gasteiger charge is -2.27. The first kappa shape index (κ1) is 20.9. The average Bonchev–Trinajstić information content (AvgIpc) is 3.03. The molecule has 2 saturated heterocycles. The van der Waals surface area contributed by atoms with E-state index in [0.717, 1.165) is 11.1 Å². The molecular weight excluding hydrogens is 398 g/mol. The van der Waals surface area contributed by atoms with Crippen molar-refractivity contribution in [1.29, 1.82) is 0 Å². The van der Waals surface area contributed by atoms with Crippen molar-refractivity contribution in [1.82, 2.24) is 5.32 Å². The molecule has 2 fully saturated rings. The van der Waals surface area contributed by atoms with Crippen LogP contribution in [0.25, 0.3) is 11.1 Å². The van der Waals surface area contributed by atoms with Gasteiger partial charge >= 0.3 is 6.09 Å². The molecule has 0 bridgehead atoms. The zero-order chi connectivity index (χ0) is 21.8. The Kier molecular flexibility index (Phi) is 6.18. The topological polar surface area (TPSA) is 88.2 Å². The summed E-state index contributed by atoms with van der Waals surface area (Å²) in [6.45, 7) is 4.64. The summed E-state index contributed by atoms with van der Waals surface area (Å²) in [5.41, 5.74) is 3.18. The quantitative estimate of drug-likeness (QED) is 0.792. The summed E-state index contributed by atoms with van der Waals surface area (Å²) in [7, 11) is 0. The van der Waals surface area contributed by atoms with E-state index in [2.05, 4.69) is 5.32 Å². The Labute approximate surface area is 180 Å². The van der Waals surface area contributed by atoms with Gasteiger partial charge < -0.3 is 19.7 Å². The molecule has 1 atom stereocenters. The van der Waals surface area contributed by atoms with Gasteiger partial charge in [0.05, 0.1) is 24.9 Å². The zero-order valence-electron chi connectivity index (χ0n) is 17.4. The number of nitrogens with zero attached hydrogens (tertiary/aromatic N) is 2. The van der Waals surface area contributed by atoms with Gasteiger partial charge in [0.15, 0.2) is 0 Å². The molecule has 0 saturated carbocycles. The highest BCUT2D eigenvalue weighted by Gasteiger charge is 2.34. The minimum atomic E-state index is -0.430. The predicted molar refractivity (Wildman–Crippen MR) is 117 cm³/mol. The predicted octanol–water partition coefficient (Wildman–Crippen LogP) is 2.01. The summed E-state index contributed by atoms with van der Waals surface area (Å²) in [6.07, 6.45) is -0.430. The monoisotopic (exact) mass is 423 g/mol. The molecule has 0 unspecified atom stereocenters. The molecule has 31 heavy (non-hydrogen) atoms. The number of amides is 2. The normalized spacial score (nSPS) is 18.6. The Balaban J connectivity index is 1.55. The molecule has 8 heteroatoms. The number of rotatable bonds is 5. The fourth-order valence-electron chi connectivity index (χ4n) is 3.82. The van der Waals surface area contributed by atoms with Crippen LogP contribution < -0.4 is 20.5 Å². The van der Waals surface area contributed by atoms with E-state index in [1.807, 2.05) is 47.4 Å². The maximum Gasteiger partial charge on any atom is 0.414 e. The highest BCUT2D eigenvalue weighted by molar-refractivity contribution is 5.91. The number of benzene rings is 1. The van der Waals surface area contributed by atoms with E-state index < -0.39 is 6.09 Å². The summed E-state index contributed by atoms with van der Waals surface area (Å²) in [5, 5.41) is 2.73. The Bertz CT molecular complexity index is 1020. The highest BCUT2D eigenvalue weighted by Crippen LogP contribution is 2.27. The first-order valence-corrected chi connectivity index (χ1v) is 10.3. The second-order valence-corrected chi connectivity index (χ2v) is 7.56. The van der Waals surface area contributed by atoms with Gasteiger partial charge in [0.2, 0.25) is 11.3 Å². The summed E-state index contributed by atoms with van der Waals surface area (Å²) in [4.78, 5) is 39.6. The third-order valence-electron chi connectivity index (χ3n) is 5.47. The first-order chi connectivity index (χ1) is 15.0. The maximum atomic E-state index is 12.5. The van der Waals surface area contributed by atoms with Crippen molar-refractivity contribution in [3.05, 3.63) is 58.8 Å². The number of ether oxygens (including phenoxy) is 2. The Hall–Kier alpha value is -3.39. The van der Waals surface area contributed by atoms with E-state index in [-0.39, 0.29) is 24.0 Å². The van der Waals surface area contributed by atoms with Crippen LogP contribution in [0.15, 0.2) is 53.3 Å². The smallest absolute Gasteiger partial charge is 0.414 e. The van der Waals surface area contributed by atoms with Gasteiger partial charge in [-0.25, -0.2) is 4.79 Å². The molecule has 162 valence electrons. The second-order valence-electron chi connectivity index (χ2n) is 7.56. The van der Waals surface area contributed by atoms with Gasteiger partial charge in [-0.3, -0.25) is 14.5 Å². The molecule has 1 N–H and O–H groups in total. The molecule has 2 heterocycles. The van der Waals surface area contributed by atoms with Crippen molar-refractivity contribution >= 4 is 23.4 Å². The first-order valence-electron chi connectivity index (χ1n) is 10.3. The molecule has 2 aliphatic rings. The van der Waals surface area contributed by atoms with Gasteiger partial charge in [0.25, 0.3) is 0 Å². The molecule has 0 aliphatic carbocycles. The summed E-state index contributed by atoms with van der Waals surface area (Å²) in [5.74, 6) is -0.152. The summed E-state index contributed by atoms with van der Waals surface area (Å²) < 4.78 is 10.5. The number of nitrogens with one attached hydrogen (secondary N) is 1. The van der Waals surface area contributed by atoms with Crippen molar-refractivity contribution in [2.75, 3.05) is 49.3 Å². The van der Waals surface area contributed by atoms with E-state index in [4.69, 9.17) is 9.47 Å². The Morgan fingerprint density at radius 3 is 2.32 bits per heavy atom. The minimum absolute atomic E-state index is 0.0228. The van der Waals surface area contributed by atoms with Crippen molar-refractivity contribution in [3.8, 4) is 11.1 Å². The fourth-order valence-corrected chi connectivity index (χ4v) is 3.82. The van der Waals surface area contributed by atoms with E-state index in [0.29, 0.717) is 44.2 Å². The summed E-state index contributed by atoms with van der Waals surface area (Å²) in [6, 6.07) is 14.4. The summed E-state index contributed by atoms with van der Waals surface area (Å²) >= 11 is 0. The van der Waals surface area contributed by atoms with E-state index in [1.165, 1.54) is 6.92 Å². The Morgan fingerprint density at radius 1 is 1.00 bits per heavy atom. The SMILES string of the molecule is CC(=O)NC[C@H]1COC(=O)N1c1ccc(-c2ccc(N3CCOCC3)c(=O)cc2)cc1. The van der Waals surface area contributed by atoms with Crippen LogP contribution in [0.3, 0.4) is 0 Å². The van der Waals surface area contributed by atoms with Gasteiger partial charge in [-0.2, -0.15) is 0 Å². The van der Waals surface area contributed by atoms with Crippen molar-refractivity contribution < 1.29 is 19.1 Å². The molecule has 2 amide bonds. The van der Waals surface area contributed by atoms with Crippen LogP contribution in [0.2, 0.25) is 0 Å². The third kappa shape index (κ3) is 4.69. The van der Waals surface area contributed by atoms with E-state index >= 15 is 0 Å². The molecule has 4 rings (SSSR count). The van der Waals surface area contributed by atoms with Crippen LogP contribution in [0.1, 0.15) is 6.92 Å². The number of carbonyl (C=O) groups is 2. The number of hydrogen-bond donors (Lipinski definition) is 1. The molecule has 0 aromatic heterocycles. The third-order valence-corrected chi connectivity index (χ3v) is 5.47. The number of hydrogen-bond acceptors (Lipinski definition) is 6. The van der Waals surface area contributed by atoms with Crippen LogP contribution in [-0.4, -0.2) is 57.5 Å². The number of carbonyl (C=O) groups excluding carboxylic acids is 2. The molecule has 2 aromatic rings. The van der Waals surface area contributed by atoms with E-state index in [1.54, 1.807) is 11.0 Å². The molecule has 2 aromatic carbocycles. The minimum Gasteiger partial charge on any atom is -0.447 e. The molecule has 8 nitrogen and oxygen atoms in total. The van der Waals surface area contributed by atoms with Crippen LogP contribution in [-0.2, 0) is 14.3 Å². The lowest BCUT2D eigenvalue weighted by molar-refractivity contribution is -0.119. The van der Waals surface area contributed by atoms with Crippen molar-refractivity contribution in [2.24, 2.45) is 0 Å². The fraction of sp³-hybridized carbons (Fsp3) is 0.348. The zero-order valence-corrected chi connectivity index (χ0v) is 17.4. The van der Waals surface area contributed by atoms with Crippen molar-refractivity contribution in [3.63, 3.8) is 0 Å². The van der Waals surface area contributed by atoms with Crippen LogP contribution >= 0.6 is 0 Å². The van der Waals surface area contributed by atoms with Gasteiger partial charge in [0.1, 0.15) is 6.61 Å². The molecule has 0 spiro atoms. The number of morpholine rings is 1. The van der Waals surface area contributed by atoms with Crippen molar-refractivity contribution in [2.45, 2.75) is 13.0 Å². The van der Waals surface area contributed by atoms with Crippen LogP contribution in [0.4, 0.5) is 16.2 Å². The average molecular weight is 423 g/mol. The lowest BCUT2D eigenvalue weighted by atomic mass is 10.1. The highest BCUT2D eigenvalue weighted by atomic mass is 16.6. The largest absolute Gasteiger partial charge is 0.447 e. The van der Waals surface area contributed by atoms with Gasteiger partial charge in [-0.1, -0.05) is 24.3 Å². The van der Waals surface area contributed by atoms with Gasteiger partial charge in [-0.15, -0.1) is 0 Å². The second kappa shape index (κ2) is 9.18. The number of cyclic esters (lactones) is 1. The molecule has 0 radical (unpaired) electrons. The molecular formula is C23H25N3O5. The lowest BCUT2D eigenvalue weighted by Crippen LogP contribution is -2.42. The van der Waals surface area contributed by atoms with Crippen LogP contribution in [0, 0.1) is 0 Å². The van der Waals surface area contributed by atoms with Gasteiger partial charge in [0, 0.05) is 32.2 Å². The standard InChI is InChI=1S/C23H25N3O5/c1-16(27)24-14-20-15-31-23(29)26(20)19-6-2-17(3-7-19)18-4-8-21(22(28)9-5-18)25-10-12-30-13-11-25/h2-9,20H,10-15H2,1H3,(H,24,27)/t20-/m0/s1. The van der Waals surface area contributed by atoms with Gasteiger partial charge in [-0.05, 0) is 35.4 Å². The van der Waals surface area contributed by atoms with E-state index in [9.17, 15) is 14.4 Å². The Morgan fingerprint density at radius 2 is 1.65 bits per heavy atom. The maximum absolute atomic E-state index is 12.5. The number of anilines is 2. The van der Waals surface area contributed by atoms with Crippen LogP contribution in [0.5, 0.6) is 0 Å².